The second kappa shape index (κ2) is 5.62. The zero-order chi connectivity index (χ0) is 12.3. The summed E-state index contributed by atoms with van der Waals surface area (Å²) in [6, 6.07) is 3.65. The number of nitrogens with zero attached hydrogens (tertiary/aromatic N) is 1. The van der Waals surface area contributed by atoms with E-state index >= 15 is 0 Å². The van der Waals surface area contributed by atoms with Gasteiger partial charge in [-0.25, -0.2) is 0 Å². The van der Waals surface area contributed by atoms with Crippen LogP contribution >= 0.6 is 11.3 Å². The first kappa shape index (κ1) is 12.5. The fourth-order valence-electron chi connectivity index (χ4n) is 2.19. The lowest BCUT2D eigenvalue weighted by atomic mass is 10.1. The lowest BCUT2D eigenvalue weighted by Crippen LogP contribution is -2.47. The summed E-state index contributed by atoms with van der Waals surface area (Å²) in [5, 5.41) is 11.2. The van der Waals surface area contributed by atoms with Gasteiger partial charge in [-0.05, 0) is 17.9 Å². The minimum absolute atomic E-state index is 0.0251. The highest BCUT2D eigenvalue weighted by Gasteiger charge is 2.30. The minimum atomic E-state index is -0.737. The van der Waals surface area contributed by atoms with Crippen LogP contribution in [0.1, 0.15) is 24.3 Å². The minimum Gasteiger partial charge on any atom is -0.480 e. The molecule has 17 heavy (non-hydrogen) atoms. The molecular formula is C12H17NO3S. The van der Waals surface area contributed by atoms with Crippen LogP contribution in [0.25, 0.3) is 0 Å². The van der Waals surface area contributed by atoms with E-state index in [1.165, 1.54) is 4.88 Å². The van der Waals surface area contributed by atoms with Crippen LogP contribution in [0.15, 0.2) is 17.5 Å². The molecule has 1 aromatic heterocycles. The van der Waals surface area contributed by atoms with E-state index in [1.807, 2.05) is 29.3 Å². The smallest absolute Gasteiger partial charge is 0.320 e. The Labute approximate surface area is 105 Å². The maximum Gasteiger partial charge on any atom is 0.320 e. The second-order valence-corrected chi connectivity index (χ2v) is 5.11. The van der Waals surface area contributed by atoms with E-state index < -0.39 is 5.97 Å². The Kier molecular flexibility index (Phi) is 4.15. The van der Waals surface area contributed by atoms with Gasteiger partial charge in [0.15, 0.2) is 0 Å². The lowest BCUT2D eigenvalue weighted by Gasteiger charge is -2.35. The quantitative estimate of drug-likeness (QED) is 0.894. The van der Waals surface area contributed by atoms with Gasteiger partial charge in [0.25, 0.3) is 0 Å². The number of carboxylic acid groups (broad SMARTS) is 1. The van der Waals surface area contributed by atoms with E-state index in [1.54, 1.807) is 11.3 Å². The molecule has 4 nitrogen and oxygen atoms in total. The third-order valence-electron chi connectivity index (χ3n) is 3.07. The molecule has 1 saturated heterocycles. The number of thiophene rings is 1. The summed E-state index contributed by atoms with van der Waals surface area (Å²) in [7, 11) is 0. The maximum absolute atomic E-state index is 11.1. The molecule has 1 N–H and O–H groups in total. The van der Waals surface area contributed by atoms with Gasteiger partial charge in [0, 0.05) is 18.0 Å². The maximum atomic E-state index is 11.1. The first-order valence-electron chi connectivity index (χ1n) is 5.84. The first-order chi connectivity index (χ1) is 8.22. The highest BCUT2D eigenvalue weighted by atomic mass is 32.1. The Balaban J connectivity index is 2.04. The lowest BCUT2D eigenvalue weighted by molar-refractivity contribution is -0.146. The van der Waals surface area contributed by atoms with Crippen molar-refractivity contribution in [2.45, 2.75) is 25.5 Å². The molecule has 0 aromatic carbocycles. The molecular weight excluding hydrogens is 238 g/mol. The fourth-order valence-corrected chi connectivity index (χ4v) is 2.95. The second-order valence-electron chi connectivity index (χ2n) is 4.13. The molecule has 0 amide bonds. The zero-order valence-electron chi connectivity index (χ0n) is 9.83. The molecule has 0 aliphatic carbocycles. The molecule has 0 radical (unpaired) electrons. The van der Waals surface area contributed by atoms with Crippen molar-refractivity contribution < 1.29 is 14.6 Å². The summed E-state index contributed by atoms with van der Waals surface area (Å²) in [5.41, 5.74) is 0. The van der Waals surface area contributed by atoms with Crippen molar-refractivity contribution in [1.29, 1.82) is 0 Å². The number of rotatable bonds is 4. The number of aliphatic carboxylic acids is 1. The number of carboxylic acids is 1. The predicted octanol–water partition coefficient (Wildman–Crippen LogP) is 1.98. The molecule has 1 aliphatic heterocycles. The standard InChI is InChI=1S/C12H17NO3S/c1-2-9(12(14)15)13-5-6-16-10(8-13)11-4-3-7-17-11/h3-4,7,9-10H,2,5-6,8H2,1H3,(H,14,15). The molecule has 1 aromatic rings. The molecule has 2 atom stereocenters. The van der Waals surface area contributed by atoms with E-state index in [2.05, 4.69) is 0 Å². The van der Waals surface area contributed by atoms with Gasteiger partial charge in [-0.3, -0.25) is 9.69 Å². The van der Waals surface area contributed by atoms with Crippen molar-refractivity contribution in [2.24, 2.45) is 0 Å². The van der Waals surface area contributed by atoms with Gasteiger partial charge >= 0.3 is 5.97 Å². The van der Waals surface area contributed by atoms with Gasteiger partial charge in [-0.15, -0.1) is 11.3 Å². The van der Waals surface area contributed by atoms with Crippen LogP contribution in [-0.4, -0.2) is 41.7 Å². The van der Waals surface area contributed by atoms with Crippen LogP contribution in [0.2, 0.25) is 0 Å². The normalized spacial score (nSPS) is 23.5. The Hall–Kier alpha value is -0.910. The van der Waals surface area contributed by atoms with E-state index in [9.17, 15) is 4.79 Å². The molecule has 0 saturated carbocycles. The largest absolute Gasteiger partial charge is 0.480 e. The third kappa shape index (κ3) is 2.86. The molecule has 2 heterocycles. The molecule has 1 fully saturated rings. The summed E-state index contributed by atoms with van der Waals surface area (Å²) in [4.78, 5) is 14.3. The molecule has 2 unspecified atom stereocenters. The number of ether oxygens (including phenoxy) is 1. The van der Waals surface area contributed by atoms with Crippen molar-refractivity contribution >= 4 is 17.3 Å². The van der Waals surface area contributed by atoms with Crippen molar-refractivity contribution in [1.82, 2.24) is 4.90 Å². The Morgan fingerprint density at radius 2 is 2.59 bits per heavy atom. The molecule has 0 spiro atoms. The van der Waals surface area contributed by atoms with Gasteiger partial charge in [0.1, 0.15) is 12.1 Å². The Morgan fingerprint density at radius 1 is 1.76 bits per heavy atom. The number of morpholine rings is 1. The molecule has 94 valence electrons. The van der Waals surface area contributed by atoms with Crippen molar-refractivity contribution in [3.05, 3.63) is 22.4 Å². The predicted molar refractivity (Wildman–Crippen MR) is 66.3 cm³/mol. The van der Waals surface area contributed by atoms with E-state index in [-0.39, 0.29) is 12.1 Å². The summed E-state index contributed by atoms with van der Waals surface area (Å²) in [6.45, 7) is 3.89. The highest BCUT2D eigenvalue weighted by molar-refractivity contribution is 7.10. The molecule has 1 aliphatic rings. The van der Waals surface area contributed by atoms with Crippen molar-refractivity contribution in [3.8, 4) is 0 Å². The number of carbonyl (C=O) groups is 1. The summed E-state index contributed by atoms with van der Waals surface area (Å²) in [5.74, 6) is -0.737. The third-order valence-corrected chi connectivity index (χ3v) is 4.04. The number of hydrogen-bond acceptors (Lipinski definition) is 4. The van der Waals surface area contributed by atoms with Gasteiger partial charge < -0.3 is 9.84 Å². The Bertz CT molecular complexity index is 366. The van der Waals surface area contributed by atoms with Crippen LogP contribution in [0.5, 0.6) is 0 Å². The average Bonchev–Trinajstić information content (AvgIpc) is 2.83. The molecule has 0 bridgehead atoms. The van der Waals surface area contributed by atoms with Crippen LogP contribution in [0.4, 0.5) is 0 Å². The summed E-state index contributed by atoms with van der Waals surface area (Å²) >= 11 is 1.66. The number of hydrogen-bond donors (Lipinski definition) is 1. The summed E-state index contributed by atoms with van der Waals surface area (Å²) in [6.07, 6.45) is 0.657. The molecule has 5 heteroatoms. The monoisotopic (exact) mass is 255 g/mol. The molecule has 2 rings (SSSR count). The Morgan fingerprint density at radius 3 is 3.18 bits per heavy atom. The highest BCUT2D eigenvalue weighted by Crippen LogP contribution is 2.27. The van der Waals surface area contributed by atoms with E-state index in [0.717, 1.165) is 0 Å². The van der Waals surface area contributed by atoms with Crippen molar-refractivity contribution in [3.63, 3.8) is 0 Å². The van der Waals surface area contributed by atoms with Crippen molar-refractivity contribution in [2.75, 3.05) is 19.7 Å². The van der Waals surface area contributed by atoms with Crippen LogP contribution in [0.3, 0.4) is 0 Å². The zero-order valence-corrected chi connectivity index (χ0v) is 10.7. The van der Waals surface area contributed by atoms with Crippen LogP contribution in [0, 0.1) is 0 Å². The average molecular weight is 255 g/mol. The van der Waals surface area contributed by atoms with Crippen LogP contribution < -0.4 is 0 Å². The fraction of sp³-hybridized carbons (Fsp3) is 0.583. The van der Waals surface area contributed by atoms with Gasteiger partial charge in [0.05, 0.1) is 6.61 Å². The van der Waals surface area contributed by atoms with Gasteiger partial charge in [-0.2, -0.15) is 0 Å². The topological polar surface area (TPSA) is 49.8 Å². The summed E-state index contributed by atoms with van der Waals surface area (Å²) < 4.78 is 5.70. The van der Waals surface area contributed by atoms with Gasteiger partial charge in [0.2, 0.25) is 0 Å². The van der Waals surface area contributed by atoms with Gasteiger partial charge in [-0.1, -0.05) is 13.0 Å². The van der Waals surface area contributed by atoms with Crippen LogP contribution in [-0.2, 0) is 9.53 Å². The van der Waals surface area contributed by atoms with E-state index in [4.69, 9.17) is 9.84 Å². The van der Waals surface area contributed by atoms with E-state index in [0.29, 0.717) is 26.1 Å². The SMILES string of the molecule is CCC(C(=O)O)N1CCOC(c2cccs2)C1. The first-order valence-corrected chi connectivity index (χ1v) is 6.72.